The molecule has 49 heavy (non-hydrogen) atoms. The van der Waals surface area contributed by atoms with Crippen LogP contribution in [-0.4, -0.2) is 7.11 Å². The molecule has 0 N–H and O–H groups in total. The lowest BCUT2D eigenvalue weighted by Gasteiger charge is -2.39. The highest BCUT2D eigenvalue weighted by molar-refractivity contribution is 6.10. The minimum absolute atomic E-state index is 0.241. The first kappa shape index (κ1) is 29.3. The van der Waals surface area contributed by atoms with Gasteiger partial charge in [-0.15, -0.1) is 0 Å². The number of hydrogen-bond donors (Lipinski definition) is 0. The molecule has 1 unspecified atom stereocenters. The summed E-state index contributed by atoms with van der Waals surface area (Å²) in [6.07, 6.45) is 6.43. The normalized spacial score (nSPS) is 16.9. The Labute approximate surface area is 286 Å². The lowest BCUT2D eigenvalue weighted by Crippen LogP contribution is -2.35. The van der Waals surface area contributed by atoms with Crippen molar-refractivity contribution in [2.45, 2.75) is 37.7 Å². The monoisotopic (exact) mass is 633 g/mol. The Hall–Kier alpha value is -5.85. The average Bonchev–Trinajstić information content (AvgIpc) is 3.47. The Bertz CT molecular complexity index is 2550. The van der Waals surface area contributed by atoms with E-state index in [2.05, 4.69) is 134 Å². The lowest BCUT2D eigenvalue weighted by atomic mass is 9.71. The van der Waals surface area contributed by atoms with Crippen molar-refractivity contribution in [3.05, 3.63) is 167 Å². The standard InChI is InChI=1S/C46H35NO2/c1-5-45(6-2)41-28-33(47-3)21-24-38(41)42-36-13-9-10-14-37(36)44-39(43(42)45)25-26-46(49-44,31-19-22-34(48-4)23-20-31)32-18-17-30-16-15-29-11-7-8-12-35(29)40(30)27-32/h7-28H,5-6H2,1-2,4H3. The van der Waals surface area contributed by atoms with Crippen LogP contribution in [0, 0.1) is 6.57 Å². The van der Waals surface area contributed by atoms with Crippen molar-refractivity contribution >= 4 is 44.1 Å². The highest BCUT2D eigenvalue weighted by Gasteiger charge is 2.46. The van der Waals surface area contributed by atoms with Crippen molar-refractivity contribution in [3.8, 4) is 22.6 Å². The fraction of sp³-hybridized carbons (Fsp3) is 0.152. The van der Waals surface area contributed by atoms with Gasteiger partial charge in [-0.3, -0.25) is 0 Å². The molecule has 236 valence electrons. The van der Waals surface area contributed by atoms with E-state index in [1.54, 1.807) is 7.11 Å². The summed E-state index contributed by atoms with van der Waals surface area (Å²) in [4.78, 5) is 3.84. The molecule has 0 saturated heterocycles. The summed E-state index contributed by atoms with van der Waals surface area (Å²) in [5.74, 6) is 1.70. The molecule has 0 fully saturated rings. The van der Waals surface area contributed by atoms with Gasteiger partial charge in [-0.05, 0) is 86.3 Å². The molecule has 0 spiro atoms. The highest BCUT2D eigenvalue weighted by atomic mass is 16.5. The molecule has 0 radical (unpaired) electrons. The smallest absolute Gasteiger partial charge is 0.187 e. The van der Waals surface area contributed by atoms with E-state index in [9.17, 15) is 0 Å². The number of hydrogen-bond acceptors (Lipinski definition) is 2. The Morgan fingerprint density at radius 2 is 1.37 bits per heavy atom. The van der Waals surface area contributed by atoms with Gasteiger partial charge < -0.3 is 9.47 Å². The molecule has 0 aromatic heterocycles. The van der Waals surface area contributed by atoms with Crippen LogP contribution in [0.5, 0.6) is 11.5 Å². The first-order valence-corrected chi connectivity index (χ1v) is 17.1. The maximum atomic E-state index is 7.81. The zero-order valence-corrected chi connectivity index (χ0v) is 27.9. The first-order chi connectivity index (χ1) is 24.0. The summed E-state index contributed by atoms with van der Waals surface area (Å²) in [5.41, 5.74) is 7.84. The Kier molecular flexibility index (Phi) is 6.48. The first-order valence-electron chi connectivity index (χ1n) is 17.1. The van der Waals surface area contributed by atoms with E-state index in [-0.39, 0.29) is 5.41 Å². The Morgan fingerprint density at radius 1 is 0.694 bits per heavy atom. The van der Waals surface area contributed by atoms with Crippen LogP contribution in [0.15, 0.2) is 127 Å². The van der Waals surface area contributed by atoms with Crippen LogP contribution in [0.1, 0.15) is 54.5 Å². The summed E-state index contributed by atoms with van der Waals surface area (Å²) < 4.78 is 13.2. The van der Waals surface area contributed by atoms with Crippen molar-refractivity contribution < 1.29 is 9.47 Å². The molecule has 9 rings (SSSR count). The third kappa shape index (κ3) is 4.01. The fourth-order valence-electron chi connectivity index (χ4n) is 8.75. The predicted octanol–water partition coefficient (Wildman–Crippen LogP) is 12.1. The zero-order chi connectivity index (χ0) is 33.3. The molecule has 0 saturated carbocycles. The van der Waals surface area contributed by atoms with Crippen LogP contribution in [0.4, 0.5) is 5.69 Å². The molecule has 0 amide bonds. The third-order valence-electron chi connectivity index (χ3n) is 11.3. The van der Waals surface area contributed by atoms with Crippen LogP contribution >= 0.6 is 0 Å². The molecule has 1 aliphatic heterocycles. The van der Waals surface area contributed by atoms with Gasteiger partial charge in [-0.25, -0.2) is 4.85 Å². The molecule has 0 bridgehead atoms. The minimum Gasteiger partial charge on any atom is -0.497 e. The van der Waals surface area contributed by atoms with E-state index >= 15 is 0 Å². The average molecular weight is 634 g/mol. The molecule has 7 aromatic rings. The maximum Gasteiger partial charge on any atom is 0.187 e. The molecule has 1 aliphatic carbocycles. The van der Waals surface area contributed by atoms with Gasteiger partial charge in [0.2, 0.25) is 0 Å². The molecule has 3 nitrogen and oxygen atoms in total. The van der Waals surface area contributed by atoms with E-state index in [0.29, 0.717) is 5.69 Å². The van der Waals surface area contributed by atoms with Crippen LogP contribution < -0.4 is 9.47 Å². The third-order valence-corrected chi connectivity index (χ3v) is 11.3. The van der Waals surface area contributed by atoms with Crippen molar-refractivity contribution in [2.24, 2.45) is 0 Å². The second-order valence-electron chi connectivity index (χ2n) is 13.3. The molecule has 7 aromatic carbocycles. The summed E-state index contributed by atoms with van der Waals surface area (Å²) in [5, 5.41) is 7.11. The van der Waals surface area contributed by atoms with Crippen LogP contribution in [-0.2, 0) is 11.0 Å². The van der Waals surface area contributed by atoms with Crippen LogP contribution in [0.3, 0.4) is 0 Å². The second-order valence-corrected chi connectivity index (χ2v) is 13.3. The molecular formula is C46H35NO2. The molecule has 1 atom stereocenters. The van der Waals surface area contributed by atoms with Crippen LogP contribution in [0.25, 0.3) is 54.4 Å². The van der Waals surface area contributed by atoms with Gasteiger partial charge in [0.25, 0.3) is 0 Å². The largest absolute Gasteiger partial charge is 0.497 e. The van der Waals surface area contributed by atoms with Gasteiger partial charge in [0.05, 0.1) is 13.7 Å². The van der Waals surface area contributed by atoms with Crippen molar-refractivity contribution in [1.82, 2.24) is 0 Å². The van der Waals surface area contributed by atoms with Gasteiger partial charge in [0, 0.05) is 27.5 Å². The van der Waals surface area contributed by atoms with Crippen molar-refractivity contribution in [3.63, 3.8) is 0 Å². The van der Waals surface area contributed by atoms with Gasteiger partial charge in [-0.2, -0.15) is 0 Å². The predicted molar refractivity (Wildman–Crippen MR) is 202 cm³/mol. The molecular weight excluding hydrogens is 599 g/mol. The summed E-state index contributed by atoms with van der Waals surface area (Å²) >= 11 is 0. The molecule has 2 aliphatic rings. The number of fused-ring (bicyclic) bond motifs is 11. The lowest BCUT2D eigenvalue weighted by molar-refractivity contribution is 0.163. The van der Waals surface area contributed by atoms with E-state index in [4.69, 9.17) is 16.0 Å². The van der Waals surface area contributed by atoms with E-state index in [1.807, 2.05) is 18.2 Å². The fourth-order valence-corrected chi connectivity index (χ4v) is 8.75. The summed E-state index contributed by atoms with van der Waals surface area (Å²) in [6, 6.07) is 43.0. The van der Waals surface area contributed by atoms with Crippen LogP contribution in [0.2, 0.25) is 0 Å². The van der Waals surface area contributed by atoms with Gasteiger partial charge >= 0.3 is 0 Å². The summed E-state index contributed by atoms with van der Waals surface area (Å²) in [7, 11) is 1.70. The Balaban J connectivity index is 1.36. The van der Waals surface area contributed by atoms with E-state index in [0.717, 1.165) is 46.4 Å². The second kappa shape index (κ2) is 10.8. The van der Waals surface area contributed by atoms with E-state index < -0.39 is 5.60 Å². The quantitative estimate of drug-likeness (QED) is 0.139. The maximum absolute atomic E-state index is 7.81. The SMILES string of the molecule is [C-]#[N+]c1ccc2c(c1)C(CC)(CC)c1c3c(c4ccccc4c1-2)OC(c1ccc(OC)cc1)(c1ccc2ccc4ccccc4c2c1)C=C3. The number of rotatable bonds is 5. The topological polar surface area (TPSA) is 22.8 Å². The van der Waals surface area contributed by atoms with E-state index in [1.165, 1.54) is 49.2 Å². The number of nitrogens with zero attached hydrogens (tertiary/aromatic N) is 1. The molecule has 3 heteroatoms. The van der Waals surface area contributed by atoms with Crippen molar-refractivity contribution in [1.29, 1.82) is 0 Å². The minimum atomic E-state index is -0.898. The number of methoxy groups -OCH3 is 1. The number of benzene rings is 7. The highest BCUT2D eigenvalue weighted by Crippen LogP contribution is 2.60. The van der Waals surface area contributed by atoms with Gasteiger partial charge in [-0.1, -0.05) is 123 Å². The Morgan fingerprint density at radius 3 is 2.10 bits per heavy atom. The molecule has 1 heterocycles. The van der Waals surface area contributed by atoms with Gasteiger partial charge in [0.15, 0.2) is 11.3 Å². The van der Waals surface area contributed by atoms with Gasteiger partial charge in [0.1, 0.15) is 11.5 Å². The number of ether oxygens (including phenoxy) is 2. The van der Waals surface area contributed by atoms with Crippen molar-refractivity contribution in [2.75, 3.05) is 7.11 Å². The summed E-state index contributed by atoms with van der Waals surface area (Å²) in [6.45, 7) is 12.4. The zero-order valence-electron chi connectivity index (χ0n) is 27.9.